The van der Waals surface area contributed by atoms with Gasteiger partial charge in [0.25, 0.3) is 0 Å². The van der Waals surface area contributed by atoms with E-state index in [0.29, 0.717) is 17.8 Å². The number of hydrogen-bond donors (Lipinski definition) is 2. The molecule has 0 aliphatic heterocycles. The summed E-state index contributed by atoms with van der Waals surface area (Å²) in [5.41, 5.74) is 5.85. The van der Waals surface area contributed by atoms with E-state index in [9.17, 15) is 4.79 Å². The Morgan fingerprint density at radius 2 is 1.83 bits per heavy atom. The van der Waals surface area contributed by atoms with Crippen LogP contribution < -0.4 is 11.1 Å². The van der Waals surface area contributed by atoms with Gasteiger partial charge in [-0.15, -0.1) is 12.4 Å². The standard InChI is InChI=1S/C14H28N2O.ClH/c1-12(2)14(8-9-14)11-16-13(17)7-5-3-4-6-10-15;/h12H,3-11,15H2,1-2H3,(H,16,17);1H. The number of halogens is 1. The number of hydrogen-bond acceptors (Lipinski definition) is 2. The van der Waals surface area contributed by atoms with Gasteiger partial charge in [0, 0.05) is 13.0 Å². The molecule has 0 aromatic heterocycles. The van der Waals surface area contributed by atoms with Crippen molar-refractivity contribution in [2.45, 2.75) is 58.8 Å². The maximum Gasteiger partial charge on any atom is 0.220 e. The lowest BCUT2D eigenvalue weighted by Gasteiger charge is -2.19. The van der Waals surface area contributed by atoms with Crippen LogP contribution in [0.25, 0.3) is 0 Å². The Kier molecular flexibility index (Phi) is 8.62. The highest BCUT2D eigenvalue weighted by molar-refractivity contribution is 5.85. The van der Waals surface area contributed by atoms with Crippen molar-refractivity contribution in [2.24, 2.45) is 17.1 Å². The molecule has 0 radical (unpaired) electrons. The van der Waals surface area contributed by atoms with Crippen LogP contribution in [-0.2, 0) is 4.79 Å². The minimum absolute atomic E-state index is 0. The molecule has 1 rings (SSSR count). The summed E-state index contributed by atoms with van der Waals surface area (Å²) < 4.78 is 0. The van der Waals surface area contributed by atoms with E-state index in [-0.39, 0.29) is 18.3 Å². The Bertz CT molecular complexity index is 240. The maximum atomic E-state index is 11.6. The third-order valence-electron chi connectivity index (χ3n) is 4.11. The third-order valence-corrected chi connectivity index (χ3v) is 4.11. The van der Waals surface area contributed by atoms with Gasteiger partial charge in [-0.3, -0.25) is 4.79 Å². The molecule has 4 heteroatoms. The van der Waals surface area contributed by atoms with Crippen LogP contribution in [0.1, 0.15) is 58.8 Å². The predicted octanol–water partition coefficient (Wildman–Crippen LogP) is 2.87. The summed E-state index contributed by atoms with van der Waals surface area (Å²) in [5.74, 6) is 0.914. The summed E-state index contributed by atoms with van der Waals surface area (Å²) >= 11 is 0. The fourth-order valence-electron chi connectivity index (χ4n) is 2.27. The molecule has 0 saturated heterocycles. The molecule has 3 N–H and O–H groups in total. The highest BCUT2D eigenvalue weighted by Gasteiger charge is 2.45. The second-order valence-electron chi connectivity index (χ2n) is 5.75. The first-order valence-electron chi connectivity index (χ1n) is 7.07. The van der Waals surface area contributed by atoms with E-state index in [1.807, 2.05) is 0 Å². The van der Waals surface area contributed by atoms with Gasteiger partial charge in [-0.2, -0.15) is 0 Å². The lowest BCUT2D eigenvalue weighted by molar-refractivity contribution is -0.121. The highest BCUT2D eigenvalue weighted by atomic mass is 35.5. The molecule has 3 nitrogen and oxygen atoms in total. The number of carbonyl (C=O) groups is 1. The van der Waals surface area contributed by atoms with E-state index in [1.54, 1.807) is 0 Å². The van der Waals surface area contributed by atoms with Gasteiger partial charge in [-0.05, 0) is 43.6 Å². The normalized spacial score (nSPS) is 16.2. The minimum atomic E-state index is 0. The number of nitrogens with two attached hydrogens (primary N) is 1. The molecule has 0 bridgehead atoms. The maximum absolute atomic E-state index is 11.6. The Labute approximate surface area is 118 Å². The minimum Gasteiger partial charge on any atom is -0.356 e. The third kappa shape index (κ3) is 6.05. The van der Waals surface area contributed by atoms with Crippen molar-refractivity contribution in [1.29, 1.82) is 0 Å². The molecule has 18 heavy (non-hydrogen) atoms. The monoisotopic (exact) mass is 276 g/mol. The summed E-state index contributed by atoms with van der Waals surface area (Å²) in [6.45, 7) is 6.16. The van der Waals surface area contributed by atoms with Gasteiger partial charge in [0.1, 0.15) is 0 Å². The van der Waals surface area contributed by atoms with Crippen LogP contribution in [0.5, 0.6) is 0 Å². The quantitative estimate of drug-likeness (QED) is 0.636. The first kappa shape index (κ1) is 17.7. The average Bonchev–Trinajstić information content (AvgIpc) is 3.07. The van der Waals surface area contributed by atoms with Crippen LogP contribution in [0.15, 0.2) is 0 Å². The van der Waals surface area contributed by atoms with Gasteiger partial charge < -0.3 is 11.1 Å². The van der Waals surface area contributed by atoms with Gasteiger partial charge in [0.05, 0.1) is 0 Å². The lowest BCUT2D eigenvalue weighted by atomic mass is 9.92. The van der Waals surface area contributed by atoms with Crippen molar-refractivity contribution < 1.29 is 4.79 Å². The molecule has 0 aromatic rings. The Balaban J connectivity index is 0.00000289. The zero-order valence-corrected chi connectivity index (χ0v) is 12.7. The molecule has 1 fully saturated rings. The van der Waals surface area contributed by atoms with Gasteiger partial charge in [-0.1, -0.05) is 26.7 Å². The first-order chi connectivity index (χ1) is 8.10. The van der Waals surface area contributed by atoms with Crippen molar-refractivity contribution >= 4 is 18.3 Å². The molecule has 108 valence electrons. The van der Waals surface area contributed by atoms with Crippen molar-refractivity contribution in [2.75, 3.05) is 13.1 Å². The summed E-state index contributed by atoms with van der Waals surface area (Å²) in [7, 11) is 0. The predicted molar refractivity (Wildman–Crippen MR) is 78.9 cm³/mol. The Morgan fingerprint density at radius 3 is 2.33 bits per heavy atom. The van der Waals surface area contributed by atoms with Crippen LogP contribution in [0.3, 0.4) is 0 Å². The lowest BCUT2D eigenvalue weighted by Crippen LogP contribution is -2.32. The highest BCUT2D eigenvalue weighted by Crippen LogP contribution is 2.51. The number of carbonyl (C=O) groups excluding carboxylic acids is 1. The van der Waals surface area contributed by atoms with Crippen molar-refractivity contribution in [3.63, 3.8) is 0 Å². The van der Waals surface area contributed by atoms with Gasteiger partial charge in [0.2, 0.25) is 5.91 Å². The van der Waals surface area contributed by atoms with Crippen molar-refractivity contribution in [3.8, 4) is 0 Å². The van der Waals surface area contributed by atoms with Gasteiger partial charge >= 0.3 is 0 Å². The first-order valence-corrected chi connectivity index (χ1v) is 7.07. The van der Waals surface area contributed by atoms with E-state index >= 15 is 0 Å². The molecule has 0 spiro atoms. The zero-order valence-electron chi connectivity index (χ0n) is 11.8. The summed E-state index contributed by atoms with van der Waals surface area (Å²) in [6, 6.07) is 0. The second kappa shape index (κ2) is 8.76. The topological polar surface area (TPSA) is 55.1 Å². The largest absolute Gasteiger partial charge is 0.356 e. The van der Waals surface area contributed by atoms with E-state index in [2.05, 4.69) is 19.2 Å². The fraction of sp³-hybridized carbons (Fsp3) is 0.929. The Hall–Kier alpha value is -0.280. The van der Waals surface area contributed by atoms with E-state index in [1.165, 1.54) is 12.8 Å². The van der Waals surface area contributed by atoms with Gasteiger partial charge in [-0.25, -0.2) is 0 Å². The molecular weight excluding hydrogens is 248 g/mol. The molecule has 0 unspecified atom stereocenters. The van der Waals surface area contributed by atoms with Crippen molar-refractivity contribution in [3.05, 3.63) is 0 Å². The van der Waals surface area contributed by atoms with Crippen LogP contribution in [0, 0.1) is 11.3 Å². The summed E-state index contributed by atoms with van der Waals surface area (Å²) in [6.07, 6.45) is 7.60. The van der Waals surface area contributed by atoms with Gasteiger partial charge in [0.15, 0.2) is 0 Å². The molecule has 1 aliphatic carbocycles. The van der Waals surface area contributed by atoms with E-state index < -0.39 is 0 Å². The molecule has 0 aromatic carbocycles. The Morgan fingerprint density at radius 1 is 1.22 bits per heavy atom. The molecule has 0 atom stereocenters. The van der Waals surface area contributed by atoms with E-state index in [4.69, 9.17) is 5.73 Å². The van der Waals surface area contributed by atoms with Crippen molar-refractivity contribution in [1.82, 2.24) is 5.32 Å². The smallest absolute Gasteiger partial charge is 0.220 e. The van der Waals surface area contributed by atoms with E-state index in [0.717, 1.165) is 38.8 Å². The zero-order chi connectivity index (χ0) is 12.7. The summed E-state index contributed by atoms with van der Waals surface area (Å²) in [5, 5.41) is 3.09. The van der Waals surface area contributed by atoms with Crippen LogP contribution in [-0.4, -0.2) is 19.0 Å². The molecule has 1 saturated carbocycles. The van der Waals surface area contributed by atoms with Crippen LogP contribution in [0.2, 0.25) is 0 Å². The number of unbranched alkanes of at least 4 members (excludes halogenated alkanes) is 3. The summed E-state index contributed by atoms with van der Waals surface area (Å²) in [4.78, 5) is 11.6. The number of rotatable bonds is 9. The molecule has 1 amide bonds. The molecular formula is C14H29ClN2O. The fourth-order valence-corrected chi connectivity index (χ4v) is 2.27. The average molecular weight is 277 g/mol. The number of amides is 1. The molecule has 1 aliphatic rings. The SMILES string of the molecule is CC(C)C1(CNC(=O)CCCCCCN)CC1.Cl. The number of nitrogens with one attached hydrogen (secondary N) is 1. The van der Waals surface area contributed by atoms with Crippen LogP contribution >= 0.6 is 12.4 Å². The second-order valence-corrected chi connectivity index (χ2v) is 5.75. The molecule has 0 heterocycles. The van der Waals surface area contributed by atoms with Crippen LogP contribution in [0.4, 0.5) is 0 Å².